The van der Waals surface area contributed by atoms with Crippen LogP contribution in [0.1, 0.15) is 85.5 Å². The maximum absolute atomic E-state index is 11.9. The van der Waals surface area contributed by atoms with Crippen molar-refractivity contribution in [3.63, 3.8) is 0 Å². The quantitative estimate of drug-likeness (QED) is 0.804. The molecule has 1 saturated heterocycles. The third-order valence-electron chi connectivity index (χ3n) is 8.85. The van der Waals surface area contributed by atoms with Crippen LogP contribution in [0.5, 0.6) is 0 Å². The maximum Gasteiger partial charge on any atom is 0.220 e. The van der Waals surface area contributed by atoms with Crippen LogP contribution in [-0.2, 0) is 9.53 Å². The number of amides is 1. The summed E-state index contributed by atoms with van der Waals surface area (Å²) in [5, 5.41) is 3.34. The molecule has 0 spiro atoms. The minimum atomic E-state index is 0.278. The van der Waals surface area contributed by atoms with Crippen molar-refractivity contribution in [1.82, 2.24) is 5.32 Å². The first-order chi connectivity index (χ1) is 11.9. The third-order valence-corrected chi connectivity index (χ3v) is 8.85. The smallest absolute Gasteiger partial charge is 0.220 e. The standard InChI is InChI=1S/C22H37NO2/c1-5-14(2)25-17-9-12-21(3)11-8-16-15(20(17)21)6-7-18-22(16,4)13-10-19(24)23-18/h14-18,20H,5-13H2,1-4H3,(H,23,24)/t14?,15-,16-,17?,18?,20-,21-,22-/m1/s1. The second kappa shape index (κ2) is 6.25. The van der Waals surface area contributed by atoms with Crippen LogP contribution in [0.25, 0.3) is 0 Å². The van der Waals surface area contributed by atoms with Gasteiger partial charge in [-0.2, -0.15) is 0 Å². The molecule has 8 atom stereocenters. The molecule has 1 aliphatic heterocycles. The van der Waals surface area contributed by atoms with Gasteiger partial charge >= 0.3 is 0 Å². The molecule has 3 nitrogen and oxygen atoms in total. The molecule has 0 aromatic rings. The number of hydrogen-bond acceptors (Lipinski definition) is 2. The van der Waals surface area contributed by atoms with E-state index < -0.39 is 0 Å². The fraction of sp³-hybridized carbons (Fsp3) is 0.955. The zero-order valence-electron chi connectivity index (χ0n) is 16.6. The van der Waals surface area contributed by atoms with Crippen molar-refractivity contribution in [2.45, 2.75) is 104 Å². The Kier molecular flexibility index (Phi) is 4.46. The Morgan fingerprint density at radius 3 is 2.68 bits per heavy atom. The number of carbonyl (C=O) groups is 1. The van der Waals surface area contributed by atoms with Gasteiger partial charge < -0.3 is 10.1 Å². The first-order valence-corrected chi connectivity index (χ1v) is 10.8. The van der Waals surface area contributed by atoms with Gasteiger partial charge in [0, 0.05) is 12.5 Å². The summed E-state index contributed by atoms with van der Waals surface area (Å²) in [6, 6.07) is 0.412. The zero-order valence-corrected chi connectivity index (χ0v) is 16.6. The molecular formula is C22H37NO2. The molecule has 0 radical (unpaired) electrons. The van der Waals surface area contributed by atoms with Gasteiger partial charge in [-0.3, -0.25) is 4.79 Å². The summed E-state index contributed by atoms with van der Waals surface area (Å²) in [6.07, 6.45) is 11.5. The van der Waals surface area contributed by atoms with E-state index in [-0.39, 0.29) is 5.91 Å². The summed E-state index contributed by atoms with van der Waals surface area (Å²) in [7, 11) is 0. The van der Waals surface area contributed by atoms with Gasteiger partial charge in [0.25, 0.3) is 0 Å². The van der Waals surface area contributed by atoms with Gasteiger partial charge in [-0.05, 0) is 86.9 Å². The summed E-state index contributed by atoms with van der Waals surface area (Å²) >= 11 is 0. The molecule has 3 aliphatic carbocycles. The van der Waals surface area contributed by atoms with Crippen LogP contribution < -0.4 is 5.32 Å². The lowest BCUT2D eigenvalue weighted by atomic mass is 9.47. The maximum atomic E-state index is 11.9. The van der Waals surface area contributed by atoms with Crippen LogP contribution in [0.15, 0.2) is 0 Å². The predicted octanol–water partition coefficient (Wildman–Crippen LogP) is 4.69. The monoisotopic (exact) mass is 347 g/mol. The van der Waals surface area contributed by atoms with Gasteiger partial charge in [-0.25, -0.2) is 0 Å². The average molecular weight is 348 g/mol. The van der Waals surface area contributed by atoms with Crippen LogP contribution in [0.4, 0.5) is 0 Å². The number of hydrogen-bond donors (Lipinski definition) is 1. The zero-order chi connectivity index (χ0) is 17.8. The van der Waals surface area contributed by atoms with Gasteiger partial charge in [0.05, 0.1) is 12.2 Å². The van der Waals surface area contributed by atoms with Crippen LogP contribution in [0, 0.1) is 28.6 Å². The van der Waals surface area contributed by atoms with Crippen molar-refractivity contribution >= 4 is 5.91 Å². The van der Waals surface area contributed by atoms with Crippen LogP contribution in [-0.4, -0.2) is 24.2 Å². The topological polar surface area (TPSA) is 38.3 Å². The highest BCUT2D eigenvalue weighted by Crippen LogP contribution is 2.64. The first-order valence-electron chi connectivity index (χ1n) is 10.8. The lowest BCUT2D eigenvalue weighted by molar-refractivity contribution is -0.145. The third kappa shape index (κ3) is 2.76. The molecule has 4 rings (SSSR count). The van der Waals surface area contributed by atoms with Crippen molar-refractivity contribution in [3.05, 3.63) is 0 Å². The molecule has 4 aliphatic rings. The van der Waals surface area contributed by atoms with E-state index in [1.165, 1.54) is 38.5 Å². The van der Waals surface area contributed by atoms with E-state index in [1.54, 1.807) is 0 Å². The molecule has 1 heterocycles. The summed E-state index contributed by atoms with van der Waals surface area (Å²) in [5.41, 5.74) is 0.794. The molecule has 1 N–H and O–H groups in total. The molecule has 0 aromatic heterocycles. The number of fused-ring (bicyclic) bond motifs is 5. The number of ether oxygens (including phenoxy) is 1. The van der Waals surface area contributed by atoms with Gasteiger partial charge in [0.2, 0.25) is 5.91 Å². The Bertz CT molecular complexity index is 534. The van der Waals surface area contributed by atoms with E-state index >= 15 is 0 Å². The summed E-state index contributed by atoms with van der Waals surface area (Å²) < 4.78 is 6.56. The lowest BCUT2D eigenvalue weighted by Gasteiger charge is -2.60. The Morgan fingerprint density at radius 2 is 1.92 bits per heavy atom. The van der Waals surface area contributed by atoms with Crippen LogP contribution in [0.3, 0.4) is 0 Å². The second-order valence-corrected chi connectivity index (χ2v) is 10.1. The number of piperidine rings is 1. The van der Waals surface area contributed by atoms with E-state index in [9.17, 15) is 4.79 Å². The molecule has 142 valence electrons. The van der Waals surface area contributed by atoms with Crippen molar-refractivity contribution in [2.24, 2.45) is 28.6 Å². The Balaban J connectivity index is 1.60. The average Bonchev–Trinajstić information content (AvgIpc) is 2.92. The van der Waals surface area contributed by atoms with Gasteiger partial charge in [0.15, 0.2) is 0 Å². The fourth-order valence-corrected chi connectivity index (χ4v) is 7.24. The number of rotatable bonds is 3. The van der Waals surface area contributed by atoms with E-state index in [0.29, 0.717) is 29.1 Å². The Hall–Kier alpha value is -0.570. The normalized spacial score (nSPS) is 50.4. The van der Waals surface area contributed by atoms with Gasteiger partial charge in [0.1, 0.15) is 0 Å². The largest absolute Gasteiger partial charge is 0.375 e. The Morgan fingerprint density at radius 1 is 1.16 bits per heavy atom. The molecule has 3 heteroatoms. The first kappa shape index (κ1) is 17.8. The van der Waals surface area contributed by atoms with Crippen molar-refractivity contribution in [2.75, 3.05) is 0 Å². The molecule has 4 fully saturated rings. The summed E-state index contributed by atoms with van der Waals surface area (Å²) in [6.45, 7) is 9.51. The number of carbonyl (C=O) groups excluding carboxylic acids is 1. The van der Waals surface area contributed by atoms with Crippen LogP contribution >= 0.6 is 0 Å². The highest BCUT2D eigenvalue weighted by Gasteiger charge is 2.60. The highest BCUT2D eigenvalue weighted by molar-refractivity contribution is 5.77. The molecule has 3 saturated carbocycles. The SMILES string of the molecule is CCC(C)OC1CC[C@@]2(C)CC[C@@H]3[C@@H](CCC4NC(=O)CC[C@@]43C)[C@H]12. The van der Waals surface area contributed by atoms with Crippen molar-refractivity contribution in [1.29, 1.82) is 0 Å². The van der Waals surface area contributed by atoms with Crippen molar-refractivity contribution in [3.8, 4) is 0 Å². The summed E-state index contributed by atoms with van der Waals surface area (Å²) in [5.74, 6) is 2.58. The molecule has 1 amide bonds. The van der Waals surface area contributed by atoms with Gasteiger partial charge in [-0.15, -0.1) is 0 Å². The summed E-state index contributed by atoms with van der Waals surface area (Å²) in [4.78, 5) is 11.9. The van der Waals surface area contributed by atoms with E-state index in [2.05, 4.69) is 33.0 Å². The minimum Gasteiger partial charge on any atom is -0.375 e. The molecule has 3 unspecified atom stereocenters. The second-order valence-electron chi connectivity index (χ2n) is 10.1. The van der Waals surface area contributed by atoms with Crippen LogP contribution in [0.2, 0.25) is 0 Å². The van der Waals surface area contributed by atoms with E-state index in [0.717, 1.165) is 37.0 Å². The molecule has 0 bridgehead atoms. The molecular weight excluding hydrogens is 310 g/mol. The molecule has 0 aromatic carbocycles. The van der Waals surface area contributed by atoms with E-state index in [4.69, 9.17) is 4.74 Å². The van der Waals surface area contributed by atoms with Crippen molar-refractivity contribution < 1.29 is 9.53 Å². The lowest BCUT2D eigenvalue weighted by Crippen LogP contribution is -2.61. The van der Waals surface area contributed by atoms with E-state index in [1.807, 2.05) is 0 Å². The fourth-order valence-electron chi connectivity index (χ4n) is 7.24. The predicted molar refractivity (Wildman–Crippen MR) is 100 cm³/mol. The highest BCUT2D eigenvalue weighted by atomic mass is 16.5. The number of nitrogens with one attached hydrogen (secondary N) is 1. The van der Waals surface area contributed by atoms with Gasteiger partial charge in [-0.1, -0.05) is 20.8 Å². The minimum absolute atomic E-state index is 0.278. The Labute approximate surface area is 153 Å². The molecule has 25 heavy (non-hydrogen) atoms.